The Morgan fingerprint density at radius 1 is 0.958 bits per heavy atom. The monoisotopic (exact) mass is 987 g/mol. The molecule has 2 N–H and O–H groups in total. The van der Waals surface area contributed by atoms with Crippen molar-refractivity contribution >= 4 is 35.1 Å². The molecule has 1 amide bonds. The molecular formula is C56H65N3O11S. The number of nitro groups is 1. The van der Waals surface area contributed by atoms with Crippen LogP contribution in [0.1, 0.15) is 88.3 Å². The number of rotatable bonds is 23. The molecule has 2 heterocycles. The molecule has 0 radical (unpaired) electrons. The number of fused-ring (bicyclic) bond motifs is 3. The van der Waals surface area contributed by atoms with Gasteiger partial charge in [-0.05, 0) is 136 Å². The number of nitrogens with zero attached hydrogens (tertiary/aromatic N) is 3. The van der Waals surface area contributed by atoms with Crippen LogP contribution in [0, 0.1) is 27.9 Å². The van der Waals surface area contributed by atoms with Crippen molar-refractivity contribution in [2.24, 2.45) is 22.9 Å². The predicted octanol–water partition coefficient (Wildman–Crippen LogP) is 10.7. The van der Waals surface area contributed by atoms with E-state index in [1.807, 2.05) is 69.3 Å². The molecule has 4 aliphatic rings. The molecule has 1 saturated carbocycles. The largest absolute Gasteiger partial charge is 0.493 e. The summed E-state index contributed by atoms with van der Waals surface area (Å²) in [5.41, 5.74) is 3.19. The number of carbonyl (C=O) groups excluding carboxylic acids is 1. The summed E-state index contributed by atoms with van der Waals surface area (Å²) < 4.78 is 32.7. The Bertz CT molecular complexity index is 2580. The highest BCUT2D eigenvalue weighted by Crippen LogP contribution is 2.62. The number of non-ortho nitro benzene ring substituents is 1. The van der Waals surface area contributed by atoms with Crippen LogP contribution in [0.2, 0.25) is 0 Å². The van der Waals surface area contributed by atoms with Crippen LogP contribution in [0.25, 0.3) is 6.08 Å². The lowest BCUT2D eigenvalue weighted by molar-refractivity contribution is -0.384. The fourth-order valence-electron chi connectivity index (χ4n) is 10.3. The molecule has 14 nitrogen and oxygen atoms in total. The van der Waals surface area contributed by atoms with E-state index in [1.54, 1.807) is 40.9 Å². The maximum Gasteiger partial charge on any atom is 0.269 e. The van der Waals surface area contributed by atoms with Crippen molar-refractivity contribution in [3.05, 3.63) is 148 Å². The summed E-state index contributed by atoms with van der Waals surface area (Å²) in [4.78, 5) is 35.6. The number of hydrogen-bond donors (Lipinski definition) is 2. The van der Waals surface area contributed by atoms with E-state index in [2.05, 4.69) is 30.9 Å². The summed E-state index contributed by atoms with van der Waals surface area (Å²) in [7, 11) is 0. The maximum atomic E-state index is 15.3. The van der Waals surface area contributed by atoms with Gasteiger partial charge >= 0.3 is 0 Å². The minimum atomic E-state index is -1.52. The van der Waals surface area contributed by atoms with Gasteiger partial charge in [-0.25, -0.2) is 0 Å². The second kappa shape index (κ2) is 23.4. The van der Waals surface area contributed by atoms with Gasteiger partial charge in [-0.15, -0.1) is 18.3 Å². The first-order chi connectivity index (χ1) is 34.4. The van der Waals surface area contributed by atoms with Crippen LogP contribution in [-0.4, -0.2) is 88.1 Å². The van der Waals surface area contributed by atoms with Gasteiger partial charge < -0.3 is 43.6 Å². The quantitative estimate of drug-likeness (QED) is 0.0180. The number of hydrogen-bond acceptors (Lipinski definition) is 13. The van der Waals surface area contributed by atoms with Crippen LogP contribution >= 0.6 is 11.8 Å². The Balaban J connectivity index is 1.30. The van der Waals surface area contributed by atoms with Crippen LogP contribution in [0.15, 0.2) is 131 Å². The van der Waals surface area contributed by atoms with Crippen molar-refractivity contribution in [3.63, 3.8) is 0 Å². The smallest absolute Gasteiger partial charge is 0.269 e. The molecule has 4 aromatic carbocycles. The third-order valence-corrected chi connectivity index (χ3v) is 14.4. The molecule has 8 rings (SSSR count). The molecule has 71 heavy (non-hydrogen) atoms. The van der Waals surface area contributed by atoms with Gasteiger partial charge in [0, 0.05) is 66.5 Å². The zero-order chi connectivity index (χ0) is 50.0. The summed E-state index contributed by atoms with van der Waals surface area (Å²) >= 11 is 1.73. The molecule has 6 unspecified atom stereocenters. The molecule has 0 spiro atoms. The standard InChI is InChI=1S/C56H65N3O11S/c1-5-29-68-56-51(58(36-39-19-24-49-50(32-39)67-37-66-49)52(62)26-20-38-17-21-41(22-18-38)59(63)64)35-47(57-70-55(2,3)4)45-33-40(13-9-11-27-60)44(16-10-12-28-61)53(54(45)56)46-34-42(23-25-48(46)69-56)65-30-31-71-43-14-7-6-8-15-43/h5-8,14-15,17-26,32-34,40,44,51,53-54,60-61H,1,9-13,16,27-31,35-37H2,2-4H3. The normalized spacial score (nSPS) is 22.5. The van der Waals surface area contributed by atoms with Gasteiger partial charge in [-0.2, -0.15) is 0 Å². The highest BCUT2D eigenvalue weighted by molar-refractivity contribution is 7.99. The molecule has 0 bridgehead atoms. The van der Waals surface area contributed by atoms with Crippen molar-refractivity contribution < 1.29 is 48.5 Å². The number of nitro benzene ring substituents is 1. The van der Waals surface area contributed by atoms with Crippen molar-refractivity contribution in [2.45, 2.75) is 101 Å². The molecular weight excluding hydrogens is 923 g/mol. The maximum absolute atomic E-state index is 15.3. The second-order valence-corrected chi connectivity index (χ2v) is 20.5. The molecule has 4 aromatic rings. The molecule has 2 aliphatic heterocycles. The Labute approximate surface area is 420 Å². The number of benzene rings is 4. The highest BCUT2D eigenvalue weighted by atomic mass is 32.2. The third-order valence-electron chi connectivity index (χ3n) is 13.4. The molecule has 15 heteroatoms. The van der Waals surface area contributed by atoms with E-state index in [-0.39, 0.29) is 68.9 Å². The minimum absolute atomic E-state index is 0.0100. The van der Waals surface area contributed by atoms with Crippen LogP contribution in [0.5, 0.6) is 23.0 Å². The summed E-state index contributed by atoms with van der Waals surface area (Å²) in [6, 6.07) is 27.0. The Hall–Kier alpha value is -6.13. The van der Waals surface area contributed by atoms with E-state index in [0.717, 1.165) is 53.0 Å². The van der Waals surface area contributed by atoms with Gasteiger partial charge in [0.15, 0.2) is 11.5 Å². The van der Waals surface area contributed by atoms with Crippen LogP contribution in [0.4, 0.5) is 5.69 Å². The lowest BCUT2D eigenvalue weighted by atomic mass is 9.55. The number of carbonyl (C=O) groups is 1. The summed E-state index contributed by atoms with van der Waals surface area (Å²) in [5.74, 6) is 0.585. The number of thioether (sulfide) groups is 1. The summed E-state index contributed by atoms with van der Waals surface area (Å²) in [6.45, 7) is 10.8. The predicted molar refractivity (Wildman–Crippen MR) is 274 cm³/mol. The van der Waals surface area contributed by atoms with Crippen molar-refractivity contribution in [2.75, 3.05) is 39.0 Å². The number of allylic oxidation sites excluding steroid dienone is 1. The zero-order valence-corrected chi connectivity index (χ0v) is 41.6. The van der Waals surface area contributed by atoms with Crippen LogP contribution in [-0.2, 0) is 20.9 Å². The fraction of sp³-hybridized carbons (Fsp3) is 0.429. The van der Waals surface area contributed by atoms with E-state index >= 15 is 4.79 Å². The molecule has 376 valence electrons. The molecule has 2 aliphatic carbocycles. The lowest BCUT2D eigenvalue weighted by Gasteiger charge is -2.60. The molecule has 0 aromatic heterocycles. The lowest BCUT2D eigenvalue weighted by Crippen LogP contribution is -2.70. The van der Waals surface area contributed by atoms with Crippen molar-refractivity contribution in [3.8, 4) is 23.0 Å². The average molecular weight is 988 g/mol. The SMILES string of the molecule is C=CCOC12Oc3ccc(OCCSc4ccccc4)cc3C3C(CCCCO)C(CCCCO)C=C(C(=NOC(C)(C)C)CC1N(Cc1ccc4c(c1)OCO4)C(=O)C=Cc1ccc([N+](=O)[O-])cc1)C32. The number of amides is 1. The summed E-state index contributed by atoms with van der Waals surface area (Å²) in [5, 5.41) is 36.6. The Morgan fingerprint density at radius 3 is 2.44 bits per heavy atom. The first kappa shape index (κ1) is 51.2. The number of aliphatic hydroxyl groups is 2. The van der Waals surface area contributed by atoms with Gasteiger partial charge in [0.05, 0.1) is 29.8 Å². The average Bonchev–Trinajstić information content (AvgIpc) is 3.84. The highest BCUT2D eigenvalue weighted by Gasteiger charge is 2.65. The topological polar surface area (TPSA) is 172 Å². The number of aliphatic hydroxyl groups excluding tert-OH is 2. The molecule has 0 saturated heterocycles. The molecule has 6 atom stereocenters. The second-order valence-electron chi connectivity index (χ2n) is 19.3. The van der Waals surface area contributed by atoms with Gasteiger partial charge in [0.2, 0.25) is 18.5 Å². The Kier molecular flexibility index (Phi) is 16.9. The van der Waals surface area contributed by atoms with Crippen molar-refractivity contribution in [1.29, 1.82) is 0 Å². The first-order valence-electron chi connectivity index (χ1n) is 24.6. The molecule has 1 fully saturated rings. The van der Waals surface area contributed by atoms with E-state index in [4.69, 9.17) is 33.7 Å². The minimum Gasteiger partial charge on any atom is -0.493 e. The van der Waals surface area contributed by atoms with Crippen LogP contribution in [0.3, 0.4) is 0 Å². The number of unbranched alkanes of at least 4 members (excludes halogenated alkanes) is 2. The number of oxime groups is 1. The number of ether oxygens (including phenoxy) is 5. The van der Waals surface area contributed by atoms with Gasteiger partial charge in [-0.1, -0.05) is 54.4 Å². The fourth-order valence-corrected chi connectivity index (χ4v) is 11.1. The van der Waals surface area contributed by atoms with E-state index < -0.39 is 28.3 Å². The van der Waals surface area contributed by atoms with Crippen molar-refractivity contribution in [1.82, 2.24) is 4.90 Å². The van der Waals surface area contributed by atoms with Gasteiger partial charge in [0.25, 0.3) is 5.69 Å². The van der Waals surface area contributed by atoms with E-state index in [0.29, 0.717) is 53.7 Å². The van der Waals surface area contributed by atoms with Gasteiger partial charge in [0.1, 0.15) is 23.1 Å². The van der Waals surface area contributed by atoms with E-state index in [9.17, 15) is 20.3 Å². The third kappa shape index (κ3) is 12.1. The first-order valence-corrected chi connectivity index (χ1v) is 25.6. The van der Waals surface area contributed by atoms with Crippen LogP contribution < -0.4 is 18.9 Å². The zero-order valence-electron chi connectivity index (χ0n) is 40.8. The van der Waals surface area contributed by atoms with Gasteiger partial charge in [-0.3, -0.25) is 14.9 Å². The summed E-state index contributed by atoms with van der Waals surface area (Å²) in [6.07, 6.45) is 11.8. The Morgan fingerprint density at radius 2 is 1.70 bits per heavy atom. The van der Waals surface area contributed by atoms with E-state index in [1.165, 1.54) is 18.2 Å².